The van der Waals surface area contributed by atoms with E-state index in [0.717, 1.165) is 5.56 Å². The molecule has 2 aliphatic rings. The summed E-state index contributed by atoms with van der Waals surface area (Å²) in [6.45, 7) is 5.13. The molecule has 1 saturated carbocycles. The summed E-state index contributed by atoms with van der Waals surface area (Å²) in [6.07, 6.45) is 2.22. The summed E-state index contributed by atoms with van der Waals surface area (Å²) in [7, 11) is 0. The molecule has 1 aromatic rings. The molecule has 0 radical (unpaired) electrons. The van der Waals surface area contributed by atoms with Gasteiger partial charge in [0.2, 0.25) is 0 Å². The highest BCUT2D eigenvalue weighted by Gasteiger charge is 2.52. The van der Waals surface area contributed by atoms with Crippen molar-refractivity contribution in [2.75, 3.05) is 13.2 Å². The van der Waals surface area contributed by atoms with Crippen LogP contribution in [0.3, 0.4) is 0 Å². The molecular formula is C19H24ClNO4. The van der Waals surface area contributed by atoms with Crippen LogP contribution in [-0.2, 0) is 19.7 Å². The molecule has 5 nitrogen and oxygen atoms in total. The monoisotopic (exact) mass is 365 g/mol. The number of aliphatic carboxylic acids is 1. The van der Waals surface area contributed by atoms with Crippen molar-refractivity contribution in [3.63, 3.8) is 0 Å². The fourth-order valence-corrected chi connectivity index (χ4v) is 3.93. The van der Waals surface area contributed by atoms with E-state index in [1.165, 1.54) is 0 Å². The van der Waals surface area contributed by atoms with Crippen LogP contribution in [0.1, 0.15) is 45.1 Å². The van der Waals surface area contributed by atoms with E-state index in [9.17, 15) is 15.2 Å². The van der Waals surface area contributed by atoms with Crippen LogP contribution in [0.4, 0.5) is 0 Å². The van der Waals surface area contributed by atoms with Crippen molar-refractivity contribution in [1.82, 2.24) is 0 Å². The van der Waals surface area contributed by atoms with Gasteiger partial charge in [-0.25, -0.2) is 0 Å². The van der Waals surface area contributed by atoms with E-state index in [4.69, 9.17) is 21.1 Å². The highest BCUT2D eigenvalue weighted by molar-refractivity contribution is 6.30. The third-order valence-electron chi connectivity index (χ3n) is 5.07. The number of carboxylic acids is 1. The van der Waals surface area contributed by atoms with Gasteiger partial charge in [-0.2, -0.15) is 5.26 Å². The quantitative estimate of drug-likeness (QED) is 0.870. The molecule has 1 N–H and O–H groups in total. The molecule has 0 amide bonds. The zero-order chi connectivity index (χ0) is 18.5. The average molecular weight is 366 g/mol. The summed E-state index contributed by atoms with van der Waals surface area (Å²) < 4.78 is 11.5. The Morgan fingerprint density at radius 2 is 1.68 bits per heavy atom. The number of carbonyl (C=O) groups is 1. The first-order chi connectivity index (χ1) is 12.0. The van der Waals surface area contributed by atoms with E-state index >= 15 is 0 Å². The summed E-state index contributed by atoms with van der Waals surface area (Å²) in [6, 6.07) is 9.11. The van der Waals surface area contributed by atoms with Crippen molar-refractivity contribution in [3.05, 3.63) is 34.9 Å². The second-order valence-corrected chi connectivity index (χ2v) is 6.61. The molecule has 1 atom stereocenters. The first-order valence-electron chi connectivity index (χ1n) is 8.68. The minimum atomic E-state index is -1.11. The number of hydrogen-bond donors (Lipinski definition) is 1. The van der Waals surface area contributed by atoms with Crippen molar-refractivity contribution in [2.45, 2.75) is 50.7 Å². The maximum atomic E-state index is 11.7. The van der Waals surface area contributed by atoms with Crippen LogP contribution >= 0.6 is 11.6 Å². The molecule has 0 bridgehead atoms. The molecule has 2 fully saturated rings. The maximum Gasteiger partial charge on any atom is 0.321 e. The first-order valence-corrected chi connectivity index (χ1v) is 9.06. The SMILES string of the molecule is CC.N#CC(C(=O)O)C1(c2ccc(Cl)cc2)CCC2(CC1)OCCO2. The summed E-state index contributed by atoms with van der Waals surface area (Å²) >= 11 is 5.95. The van der Waals surface area contributed by atoms with Crippen LogP contribution in [0.2, 0.25) is 5.02 Å². The molecular weight excluding hydrogens is 342 g/mol. The number of benzene rings is 1. The van der Waals surface area contributed by atoms with E-state index in [1.807, 2.05) is 32.0 Å². The van der Waals surface area contributed by atoms with Crippen molar-refractivity contribution < 1.29 is 19.4 Å². The number of carboxylic acid groups (broad SMARTS) is 1. The summed E-state index contributed by atoms with van der Waals surface area (Å²) in [4.78, 5) is 11.7. The van der Waals surface area contributed by atoms with Gasteiger partial charge in [0, 0.05) is 23.3 Å². The fraction of sp³-hybridized carbons (Fsp3) is 0.579. The van der Waals surface area contributed by atoms with Crippen LogP contribution in [0.5, 0.6) is 0 Å². The van der Waals surface area contributed by atoms with Gasteiger partial charge in [-0.3, -0.25) is 4.79 Å². The van der Waals surface area contributed by atoms with E-state index < -0.39 is 23.1 Å². The standard InChI is InChI=1S/C17H18ClNO4.C2H6/c18-13-3-1-12(2-4-13)16(14(11-19)15(20)21)5-7-17(8-6-16)22-9-10-23-17;1-2/h1-4,14H,5-10H2,(H,20,21);1-2H3. The summed E-state index contributed by atoms with van der Waals surface area (Å²) in [5.74, 6) is -2.80. The lowest BCUT2D eigenvalue weighted by atomic mass is 9.61. The van der Waals surface area contributed by atoms with Gasteiger partial charge in [0.15, 0.2) is 11.7 Å². The zero-order valence-corrected chi connectivity index (χ0v) is 15.4. The molecule has 1 aliphatic heterocycles. The van der Waals surface area contributed by atoms with E-state index in [-0.39, 0.29) is 0 Å². The highest BCUT2D eigenvalue weighted by atomic mass is 35.5. The number of halogens is 1. The summed E-state index contributed by atoms with van der Waals surface area (Å²) in [5.41, 5.74) is 0.0924. The zero-order valence-electron chi connectivity index (χ0n) is 14.6. The lowest BCUT2D eigenvalue weighted by Crippen LogP contribution is -2.47. The smallest absolute Gasteiger partial charge is 0.321 e. The fourth-order valence-electron chi connectivity index (χ4n) is 3.80. The van der Waals surface area contributed by atoms with Gasteiger partial charge >= 0.3 is 5.97 Å². The Morgan fingerprint density at radius 3 is 2.12 bits per heavy atom. The van der Waals surface area contributed by atoms with Gasteiger partial charge in [-0.15, -0.1) is 0 Å². The Labute approximate surface area is 153 Å². The maximum absolute atomic E-state index is 11.7. The van der Waals surface area contributed by atoms with Crippen LogP contribution in [0, 0.1) is 17.2 Å². The molecule has 1 spiro atoms. The lowest BCUT2D eigenvalue weighted by Gasteiger charge is -2.45. The third kappa shape index (κ3) is 3.82. The Bertz CT molecular complexity index is 622. The van der Waals surface area contributed by atoms with Gasteiger partial charge in [-0.05, 0) is 30.5 Å². The number of ether oxygens (including phenoxy) is 2. The predicted molar refractivity (Wildman–Crippen MR) is 94.3 cm³/mol. The van der Waals surface area contributed by atoms with E-state index in [0.29, 0.717) is 43.9 Å². The second kappa shape index (κ2) is 8.18. The largest absolute Gasteiger partial charge is 0.480 e. The normalized spacial score (nSPS) is 21.7. The second-order valence-electron chi connectivity index (χ2n) is 6.17. The number of nitriles is 1. The first kappa shape index (κ1) is 19.7. The van der Waals surface area contributed by atoms with Crippen LogP contribution in [-0.4, -0.2) is 30.1 Å². The Kier molecular flexibility index (Phi) is 6.45. The van der Waals surface area contributed by atoms with E-state index in [2.05, 4.69) is 0 Å². The molecule has 136 valence electrons. The average Bonchev–Trinajstić information content (AvgIpc) is 3.08. The molecule has 1 unspecified atom stereocenters. The molecule has 6 heteroatoms. The molecule has 3 rings (SSSR count). The van der Waals surface area contributed by atoms with Crippen molar-refractivity contribution >= 4 is 17.6 Å². The van der Waals surface area contributed by atoms with Gasteiger partial charge in [0.1, 0.15) is 0 Å². The van der Waals surface area contributed by atoms with E-state index in [1.54, 1.807) is 12.1 Å². The molecule has 25 heavy (non-hydrogen) atoms. The summed E-state index contributed by atoms with van der Waals surface area (Å²) in [5, 5.41) is 19.6. The predicted octanol–water partition coefficient (Wildman–Crippen LogP) is 4.15. The minimum absolute atomic E-state index is 0.527. The lowest BCUT2D eigenvalue weighted by molar-refractivity contribution is -0.189. The number of nitrogens with zero attached hydrogens (tertiary/aromatic N) is 1. The molecule has 1 saturated heterocycles. The molecule has 1 aliphatic carbocycles. The number of rotatable bonds is 3. The molecule has 1 heterocycles. The topological polar surface area (TPSA) is 79.6 Å². The van der Waals surface area contributed by atoms with Crippen LogP contribution < -0.4 is 0 Å². The van der Waals surface area contributed by atoms with Gasteiger partial charge in [0.25, 0.3) is 0 Å². The van der Waals surface area contributed by atoms with Gasteiger partial charge in [0.05, 0.1) is 19.3 Å². The molecule has 1 aromatic carbocycles. The van der Waals surface area contributed by atoms with Crippen LogP contribution in [0.15, 0.2) is 24.3 Å². The Hall–Kier alpha value is -1.61. The van der Waals surface area contributed by atoms with Gasteiger partial charge < -0.3 is 14.6 Å². The van der Waals surface area contributed by atoms with Crippen molar-refractivity contribution in [2.24, 2.45) is 5.92 Å². The molecule has 0 aromatic heterocycles. The van der Waals surface area contributed by atoms with Crippen molar-refractivity contribution in [1.29, 1.82) is 5.26 Å². The van der Waals surface area contributed by atoms with Crippen LogP contribution in [0.25, 0.3) is 0 Å². The highest BCUT2D eigenvalue weighted by Crippen LogP contribution is 2.50. The Morgan fingerprint density at radius 1 is 1.16 bits per heavy atom. The Balaban J connectivity index is 0.00000109. The third-order valence-corrected chi connectivity index (χ3v) is 5.32. The van der Waals surface area contributed by atoms with Gasteiger partial charge in [-0.1, -0.05) is 37.6 Å². The van der Waals surface area contributed by atoms with Crippen molar-refractivity contribution in [3.8, 4) is 6.07 Å². The minimum Gasteiger partial charge on any atom is -0.480 e. The number of hydrogen-bond acceptors (Lipinski definition) is 4.